The fourth-order valence-electron chi connectivity index (χ4n) is 7.84. The highest BCUT2D eigenvalue weighted by molar-refractivity contribution is 5.99. The third-order valence-corrected chi connectivity index (χ3v) is 13.4. The number of rotatable bonds is 20. The van der Waals surface area contributed by atoms with Crippen LogP contribution in [0.25, 0.3) is 0 Å². The fraction of sp³-hybridized carbons (Fsp3) is 0.542. The molecule has 0 aromatic heterocycles. The van der Waals surface area contributed by atoms with Crippen LogP contribution in [0.15, 0.2) is 60.7 Å². The SMILES string of the molecule is C.C.C.C.C.C.CC.CC(=O)Nc1cc(C)cc(C(=O)Oc2c(C(C)(C)C)cc(CCC(=O)OCCOC(=O)CCc3cc(C(C)(C)C)c(OC(=O)c4cc(NC(C)=O)cc(NC(C)=O)c4)c(C(C)(C)C)c3)cc2C(C)(C)C)c1.CC(=O)O.CC(=O)O.CC(=O)O.CC(=O)O.CNC(C)=O.CNC(C)=O.CNC(C)=O.CNC(C)=O.CNC(C)=O.COC=O.COC=O.COC=O.COC=O. The van der Waals surface area contributed by atoms with Crippen LogP contribution in [0.5, 0.6) is 11.5 Å². The van der Waals surface area contributed by atoms with Crippen LogP contribution in [-0.2, 0) is 149 Å². The smallest absolute Gasteiger partial charge is 0.343 e. The Kier molecular flexibility index (Phi) is 113. The molecule has 786 valence electrons. The number of hydrogen-bond acceptors (Lipinski definition) is 28. The van der Waals surface area contributed by atoms with Gasteiger partial charge in [-0.15, -0.1) is 0 Å². The first-order chi connectivity index (χ1) is 59.6. The van der Waals surface area contributed by atoms with Crippen LogP contribution in [0, 0.1) is 6.92 Å². The van der Waals surface area contributed by atoms with Gasteiger partial charge in [0.2, 0.25) is 47.3 Å². The van der Waals surface area contributed by atoms with E-state index in [0.717, 1.165) is 66.6 Å². The van der Waals surface area contributed by atoms with E-state index in [0.29, 0.717) is 72.9 Å². The number of carboxylic acids is 4. The lowest BCUT2D eigenvalue weighted by molar-refractivity contribution is -0.152. The third kappa shape index (κ3) is 109. The van der Waals surface area contributed by atoms with Gasteiger partial charge < -0.3 is 101 Å². The van der Waals surface area contributed by atoms with Gasteiger partial charge in [0, 0.05) is 170 Å². The second-order valence-corrected chi connectivity index (χ2v) is 29.6. The number of benzene rings is 4. The monoisotopic (exact) mass is 1950 g/mol. The van der Waals surface area contributed by atoms with Crippen LogP contribution in [0.3, 0.4) is 0 Å². The molecule has 40 nitrogen and oxygen atoms in total. The predicted octanol–water partition coefficient (Wildman–Crippen LogP) is 14.3. The molecule has 0 aliphatic heterocycles. The van der Waals surface area contributed by atoms with Crippen molar-refractivity contribution in [1.29, 1.82) is 0 Å². The lowest BCUT2D eigenvalue weighted by Crippen LogP contribution is -2.23. The number of anilines is 3. The molecular weight excluding hydrogens is 1780 g/mol. The maximum atomic E-state index is 13.9. The Bertz CT molecular complexity index is 3830. The average molecular weight is 1950 g/mol. The summed E-state index contributed by atoms with van der Waals surface area (Å²) in [5.41, 5.74) is 5.24. The van der Waals surface area contributed by atoms with E-state index in [4.69, 9.17) is 77.7 Å². The molecule has 4 aromatic carbocycles. The topological polar surface area (TPSA) is 592 Å². The van der Waals surface area contributed by atoms with Crippen LogP contribution in [0.4, 0.5) is 17.1 Å². The summed E-state index contributed by atoms with van der Waals surface area (Å²) < 4.78 is 38.8. The van der Waals surface area contributed by atoms with Crippen LogP contribution < -0.4 is 52.0 Å². The van der Waals surface area contributed by atoms with Crippen LogP contribution >= 0.6 is 0 Å². The number of esters is 4. The number of amides is 8. The summed E-state index contributed by atoms with van der Waals surface area (Å²) in [4.78, 5) is 209. The van der Waals surface area contributed by atoms with Gasteiger partial charge in [-0.05, 0) is 94.5 Å². The Balaban J connectivity index is -0.000000117. The number of carbonyl (C=O) groups excluding carboxylic acids is 16. The Morgan fingerprint density at radius 3 is 0.632 bits per heavy atom. The zero-order valence-corrected chi connectivity index (χ0v) is 82.5. The predicted molar refractivity (Wildman–Crippen MR) is 533 cm³/mol. The second kappa shape index (κ2) is 94.5. The van der Waals surface area contributed by atoms with Crippen molar-refractivity contribution >= 4 is 138 Å². The summed E-state index contributed by atoms with van der Waals surface area (Å²) in [6.07, 6.45) is 0.791. The molecule has 8 amide bonds. The second-order valence-electron chi connectivity index (χ2n) is 29.6. The van der Waals surface area contributed by atoms with Crippen LogP contribution in [0.1, 0.15) is 297 Å². The van der Waals surface area contributed by atoms with Crippen molar-refractivity contribution in [2.45, 2.75) is 279 Å². The van der Waals surface area contributed by atoms with E-state index in [9.17, 15) is 57.5 Å². The lowest BCUT2D eigenvalue weighted by Gasteiger charge is -2.30. The number of hydrogen-bond donors (Lipinski definition) is 12. The van der Waals surface area contributed by atoms with Gasteiger partial charge in [0.15, 0.2) is 0 Å². The minimum Gasteiger partial charge on any atom is -0.481 e. The first-order valence-electron chi connectivity index (χ1n) is 39.4. The minimum absolute atomic E-state index is 0. The van der Waals surface area contributed by atoms with Gasteiger partial charge in [0.25, 0.3) is 49.8 Å². The molecule has 0 aliphatic carbocycles. The van der Waals surface area contributed by atoms with Crippen molar-refractivity contribution in [2.24, 2.45) is 0 Å². The van der Waals surface area contributed by atoms with Gasteiger partial charge in [-0.25, -0.2) is 9.59 Å². The normalized spacial score (nSPS) is 8.82. The molecule has 0 spiro atoms. The van der Waals surface area contributed by atoms with E-state index >= 15 is 0 Å². The number of carbonyl (C=O) groups is 20. The molecule has 0 fully saturated rings. The van der Waals surface area contributed by atoms with Gasteiger partial charge in [-0.2, -0.15) is 0 Å². The van der Waals surface area contributed by atoms with E-state index in [-0.39, 0.29) is 123 Å². The number of aliphatic carboxylic acids is 4. The van der Waals surface area contributed by atoms with Crippen molar-refractivity contribution in [1.82, 2.24) is 26.6 Å². The molecule has 4 aromatic rings. The summed E-state index contributed by atoms with van der Waals surface area (Å²) in [5, 5.41) is 49.7. The highest BCUT2D eigenvalue weighted by Crippen LogP contribution is 2.43. The number of aryl methyl sites for hydroxylation is 3. The van der Waals surface area contributed by atoms with Crippen LogP contribution in [-0.4, -0.2) is 218 Å². The molecule has 0 saturated heterocycles. The van der Waals surface area contributed by atoms with E-state index in [1.54, 1.807) is 59.5 Å². The van der Waals surface area contributed by atoms with Gasteiger partial charge in [-0.1, -0.05) is 166 Å². The molecule has 0 unspecified atom stereocenters. The third-order valence-electron chi connectivity index (χ3n) is 13.4. The van der Waals surface area contributed by atoms with Gasteiger partial charge >= 0.3 is 23.9 Å². The van der Waals surface area contributed by atoms with E-state index in [1.165, 1.54) is 96.0 Å². The molecule has 136 heavy (non-hydrogen) atoms. The van der Waals surface area contributed by atoms with Crippen LogP contribution in [0.2, 0.25) is 0 Å². The highest BCUT2D eigenvalue weighted by Gasteiger charge is 2.32. The van der Waals surface area contributed by atoms with E-state index < -0.39 is 69.4 Å². The van der Waals surface area contributed by atoms with Crippen molar-refractivity contribution in [3.8, 4) is 11.5 Å². The number of ether oxygens (including phenoxy) is 8. The fourth-order valence-corrected chi connectivity index (χ4v) is 7.84. The molecule has 0 saturated carbocycles. The molecule has 0 aliphatic rings. The molecule has 4 rings (SSSR count). The number of methoxy groups -OCH3 is 4. The Labute approximate surface area is 809 Å². The first kappa shape index (κ1) is 162. The summed E-state index contributed by atoms with van der Waals surface area (Å²) in [6, 6.07) is 17.4. The molecule has 40 heteroatoms. The summed E-state index contributed by atoms with van der Waals surface area (Å²) in [7, 11) is 13.2. The zero-order valence-electron chi connectivity index (χ0n) is 82.5. The Morgan fingerprint density at radius 2 is 0.478 bits per heavy atom. The number of nitrogens with one attached hydrogen (secondary N) is 8. The van der Waals surface area contributed by atoms with Crippen molar-refractivity contribution in [3.63, 3.8) is 0 Å². The van der Waals surface area contributed by atoms with Gasteiger partial charge in [0.1, 0.15) is 24.7 Å². The minimum atomic E-state index is -0.833. The molecule has 0 bridgehead atoms. The Hall–Kier alpha value is -13.7. The lowest BCUT2D eigenvalue weighted by atomic mass is 9.78. The quantitative estimate of drug-likeness (QED) is 0.0129. The summed E-state index contributed by atoms with van der Waals surface area (Å²) in [6.45, 7) is 47.1. The highest BCUT2D eigenvalue weighted by atomic mass is 16.6. The van der Waals surface area contributed by atoms with E-state index in [1.807, 2.05) is 128 Å². The van der Waals surface area contributed by atoms with Crippen molar-refractivity contribution < 1.29 is 154 Å². The molecular formula is C96H170N8O32. The maximum Gasteiger partial charge on any atom is 0.343 e. The van der Waals surface area contributed by atoms with Crippen molar-refractivity contribution in [3.05, 3.63) is 111 Å². The van der Waals surface area contributed by atoms with Crippen molar-refractivity contribution in [2.75, 3.05) is 92.8 Å². The average Bonchev–Trinajstić information content (AvgIpc) is 0.773. The standard InChI is InChI=1S/C57H73N3O11.5C3H7NO.8C2H4O2.C2H6.6CH4/c1-33-23-39(29-41(24-33)58-34(2)61)52(66)70-50-44(54(5,6)7)25-37(26-45(50)55(8,9)10)17-19-48(64)68-21-22-69-49(65)20-18-38-27-46(56(11,12)13)51(47(28-38)57(14,15)16)71-53(67)40-30-42(59-35(3)62)32-43(31-40)60-36(4)63;5*1-3(5)4-2;4*1-4-2-3;4*1-2(3)4;1-2;;;;;;/h23-32H,17-22H2,1-16H3,(H,58,61)(H,59,62)(H,60,63);5*1-2H3,(H,4,5);4*2H,1H3;4*1H3,(H,3,4);1-2H3;6*1H4. The van der Waals surface area contributed by atoms with Gasteiger partial charge in [0.05, 0.1) is 39.6 Å². The molecule has 0 radical (unpaired) electrons. The Morgan fingerprint density at radius 1 is 0.309 bits per heavy atom. The maximum absolute atomic E-state index is 13.9. The van der Waals surface area contributed by atoms with Gasteiger partial charge in [-0.3, -0.25) is 86.3 Å². The first-order valence-corrected chi connectivity index (χ1v) is 39.4. The molecule has 12 N–H and O–H groups in total. The molecule has 0 atom stereocenters. The summed E-state index contributed by atoms with van der Waals surface area (Å²) in [5.74, 6) is -5.59. The number of carboxylic acid groups (broad SMARTS) is 4. The zero-order chi connectivity index (χ0) is 105. The van der Waals surface area contributed by atoms with E-state index in [2.05, 4.69) is 61.5 Å². The molecule has 0 heterocycles. The largest absolute Gasteiger partial charge is 0.481 e. The summed E-state index contributed by atoms with van der Waals surface area (Å²) >= 11 is 0.